The number of piperidine rings is 1. The molecule has 9 heteroatoms. The van der Waals surface area contributed by atoms with Gasteiger partial charge in [0.2, 0.25) is 5.91 Å². The SMILES string of the molecule is C=CCN(C(=O)NCCN(C)C)C(=O)[C@@H]1C[C@@H]2Cc3c(sc(N)c3C#N)C[C@H]2N(C)C1. The molecule has 1 fully saturated rings. The molecule has 1 aliphatic heterocycles. The maximum atomic E-state index is 13.3. The number of rotatable bonds is 6. The normalized spacial score (nSPS) is 22.9. The Hall–Kier alpha value is -2.41. The molecule has 8 nitrogen and oxygen atoms in total. The third-order valence-corrected chi connectivity index (χ3v) is 7.39. The number of thiophene rings is 1. The Kier molecular flexibility index (Phi) is 7.36. The van der Waals surface area contributed by atoms with Crippen molar-refractivity contribution in [1.29, 1.82) is 5.26 Å². The van der Waals surface area contributed by atoms with Crippen molar-refractivity contribution >= 4 is 28.3 Å². The van der Waals surface area contributed by atoms with Crippen LogP contribution in [0.1, 0.15) is 22.4 Å². The molecular weight excluding hydrogens is 412 g/mol. The Labute approximate surface area is 188 Å². The van der Waals surface area contributed by atoms with Gasteiger partial charge in [-0.1, -0.05) is 6.08 Å². The topological polar surface area (TPSA) is 106 Å². The Morgan fingerprint density at radius 2 is 2.16 bits per heavy atom. The summed E-state index contributed by atoms with van der Waals surface area (Å²) < 4.78 is 0. The average molecular weight is 445 g/mol. The molecule has 0 aromatic carbocycles. The van der Waals surface area contributed by atoms with Crippen LogP contribution >= 0.6 is 11.3 Å². The van der Waals surface area contributed by atoms with Gasteiger partial charge in [0.25, 0.3) is 0 Å². The Morgan fingerprint density at radius 1 is 1.42 bits per heavy atom. The summed E-state index contributed by atoms with van der Waals surface area (Å²) in [6.45, 7) is 5.68. The predicted molar refractivity (Wildman–Crippen MR) is 123 cm³/mol. The van der Waals surface area contributed by atoms with Gasteiger partial charge < -0.3 is 20.9 Å². The van der Waals surface area contributed by atoms with Crippen LogP contribution in [0, 0.1) is 23.2 Å². The Balaban J connectivity index is 1.73. The minimum Gasteiger partial charge on any atom is -0.389 e. The summed E-state index contributed by atoms with van der Waals surface area (Å²) >= 11 is 1.52. The minimum absolute atomic E-state index is 0.163. The van der Waals surface area contributed by atoms with E-state index in [-0.39, 0.29) is 30.3 Å². The largest absolute Gasteiger partial charge is 0.389 e. The summed E-state index contributed by atoms with van der Waals surface area (Å²) in [5.74, 6) is -0.179. The maximum Gasteiger partial charge on any atom is 0.324 e. The van der Waals surface area contributed by atoms with E-state index in [1.165, 1.54) is 21.1 Å². The third kappa shape index (κ3) is 4.92. The molecule has 1 saturated heterocycles. The summed E-state index contributed by atoms with van der Waals surface area (Å²) in [5, 5.41) is 12.9. The van der Waals surface area contributed by atoms with Gasteiger partial charge in [-0.2, -0.15) is 5.26 Å². The van der Waals surface area contributed by atoms with Crippen molar-refractivity contribution in [2.24, 2.45) is 11.8 Å². The highest BCUT2D eigenvalue weighted by Gasteiger charge is 2.43. The van der Waals surface area contributed by atoms with Gasteiger partial charge in [-0.3, -0.25) is 9.69 Å². The number of carbonyl (C=O) groups excluding carboxylic acids is 2. The monoisotopic (exact) mass is 444 g/mol. The number of nitrogens with two attached hydrogens (primary N) is 1. The molecule has 3 rings (SSSR count). The number of nitrogens with zero attached hydrogens (tertiary/aromatic N) is 4. The van der Waals surface area contributed by atoms with Crippen LogP contribution in [0.2, 0.25) is 0 Å². The zero-order valence-corrected chi connectivity index (χ0v) is 19.4. The van der Waals surface area contributed by atoms with Crippen molar-refractivity contribution in [3.8, 4) is 6.07 Å². The van der Waals surface area contributed by atoms with Crippen molar-refractivity contribution in [3.63, 3.8) is 0 Å². The fourth-order valence-electron chi connectivity index (χ4n) is 4.75. The van der Waals surface area contributed by atoms with E-state index in [1.807, 2.05) is 26.0 Å². The van der Waals surface area contributed by atoms with E-state index in [0.29, 0.717) is 42.7 Å². The fraction of sp³-hybridized carbons (Fsp3) is 0.591. The third-order valence-electron chi connectivity index (χ3n) is 6.30. The molecule has 3 atom stereocenters. The van der Waals surface area contributed by atoms with Gasteiger partial charge in [0.15, 0.2) is 0 Å². The van der Waals surface area contributed by atoms with Gasteiger partial charge in [-0.05, 0) is 51.9 Å². The molecule has 0 bridgehead atoms. The van der Waals surface area contributed by atoms with Gasteiger partial charge in [-0.15, -0.1) is 17.9 Å². The zero-order valence-electron chi connectivity index (χ0n) is 18.6. The number of nitriles is 1. The molecule has 3 amide bonds. The van der Waals surface area contributed by atoms with Gasteiger partial charge in [0, 0.05) is 37.1 Å². The highest BCUT2D eigenvalue weighted by Crippen LogP contribution is 2.42. The van der Waals surface area contributed by atoms with E-state index in [2.05, 4.69) is 22.9 Å². The highest BCUT2D eigenvalue weighted by atomic mass is 32.1. The molecule has 1 aromatic rings. The molecule has 3 N–H and O–H groups in total. The van der Waals surface area contributed by atoms with E-state index in [4.69, 9.17) is 5.73 Å². The fourth-order valence-corrected chi connectivity index (χ4v) is 5.85. The van der Waals surface area contributed by atoms with Crippen LogP contribution in [0.5, 0.6) is 0 Å². The lowest BCUT2D eigenvalue weighted by Crippen LogP contribution is -2.55. The van der Waals surface area contributed by atoms with Crippen LogP contribution in [0.3, 0.4) is 0 Å². The first-order valence-electron chi connectivity index (χ1n) is 10.6. The van der Waals surface area contributed by atoms with Crippen LogP contribution in [-0.4, -0.2) is 80.0 Å². The summed E-state index contributed by atoms with van der Waals surface area (Å²) in [6.07, 6.45) is 3.89. The van der Waals surface area contributed by atoms with E-state index in [0.717, 1.165) is 18.4 Å². The molecule has 0 saturated carbocycles. The number of anilines is 1. The van der Waals surface area contributed by atoms with Crippen molar-refractivity contribution < 1.29 is 9.59 Å². The number of amides is 3. The van der Waals surface area contributed by atoms with Gasteiger partial charge in [-0.25, -0.2) is 4.79 Å². The molecule has 168 valence electrons. The number of fused-ring (bicyclic) bond motifs is 2. The molecule has 31 heavy (non-hydrogen) atoms. The number of hydrogen-bond donors (Lipinski definition) is 2. The molecule has 1 aromatic heterocycles. The second kappa shape index (κ2) is 9.81. The van der Waals surface area contributed by atoms with E-state index < -0.39 is 0 Å². The second-order valence-electron chi connectivity index (χ2n) is 8.74. The average Bonchev–Trinajstić information content (AvgIpc) is 3.03. The maximum absolute atomic E-state index is 13.3. The van der Waals surface area contributed by atoms with Crippen LogP contribution in [0.15, 0.2) is 12.7 Å². The van der Waals surface area contributed by atoms with Crippen molar-refractivity contribution in [2.45, 2.75) is 25.3 Å². The summed E-state index contributed by atoms with van der Waals surface area (Å²) in [6, 6.07) is 2.20. The van der Waals surface area contributed by atoms with Crippen LogP contribution in [0.4, 0.5) is 9.80 Å². The molecule has 2 aliphatic rings. The quantitative estimate of drug-likeness (QED) is 0.645. The lowest BCUT2D eigenvalue weighted by molar-refractivity contribution is -0.135. The zero-order chi connectivity index (χ0) is 22.7. The van der Waals surface area contributed by atoms with E-state index in [1.54, 1.807) is 6.08 Å². The Morgan fingerprint density at radius 3 is 2.81 bits per heavy atom. The van der Waals surface area contributed by atoms with Crippen LogP contribution in [-0.2, 0) is 17.6 Å². The van der Waals surface area contributed by atoms with Crippen LogP contribution < -0.4 is 11.1 Å². The number of hydrogen-bond acceptors (Lipinski definition) is 7. The number of nitrogens with one attached hydrogen (secondary N) is 1. The van der Waals surface area contributed by atoms with E-state index in [9.17, 15) is 14.9 Å². The molecule has 0 radical (unpaired) electrons. The number of nitrogen functional groups attached to an aromatic ring is 1. The minimum atomic E-state index is -0.375. The predicted octanol–water partition coefficient (Wildman–Crippen LogP) is 1.52. The molecule has 1 aliphatic carbocycles. The number of likely N-dealkylation sites (N-methyl/N-ethyl adjacent to an activating group) is 2. The summed E-state index contributed by atoms with van der Waals surface area (Å²) in [4.78, 5) is 32.7. The van der Waals surface area contributed by atoms with Gasteiger partial charge in [0.05, 0.1) is 11.5 Å². The summed E-state index contributed by atoms with van der Waals surface area (Å²) in [5.41, 5.74) is 7.71. The lowest BCUT2D eigenvalue weighted by Gasteiger charge is -2.45. The smallest absolute Gasteiger partial charge is 0.324 e. The molecule has 2 heterocycles. The first-order valence-corrected chi connectivity index (χ1v) is 11.4. The molecule has 0 unspecified atom stereocenters. The highest BCUT2D eigenvalue weighted by molar-refractivity contribution is 7.16. The van der Waals surface area contributed by atoms with Crippen molar-refractivity contribution in [3.05, 3.63) is 28.7 Å². The molecular formula is C22H32N6O2S. The van der Waals surface area contributed by atoms with Crippen LogP contribution in [0.25, 0.3) is 0 Å². The van der Waals surface area contributed by atoms with Crippen molar-refractivity contribution in [2.75, 3.05) is 53.1 Å². The summed E-state index contributed by atoms with van der Waals surface area (Å²) in [7, 11) is 5.91. The first-order chi connectivity index (χ1) is 14.8. The number of imide groups is 1. The number of likely N-dealkylation sites (tertiary alicyclic amines) is 1. The lowest BCUT2D eigenvalue weighted by atomic mass is 9.74. The van der Waals surface area contributed by atoms with Gasteiger partial charge in [0.1, 0.15) is 11.1 Å². The van der Waals surface area contributed by atoms with Gasteiger partial charge >= 0.3 is 6.03 Å². The Bertz CT molecular complexity index is 889. The standard InChI is InChI=1S/C22H32N6O2S/c1-5-7-28(22(30)25-6-8-26(2)3)21(29)15-9-14-10-16-17(12-23)20(24)31-19(16)11-18(14)27(4)13-15/h5,14-15,18H,1,6-11,13,24H2,2-4H3,(H,25,30)/t14-,15-,18-/m1/s1. The van der Waals surface area contributed by atoms with Crippen molar-refractivity contribution in [1.82, 2.24) is 20.0 Å². The van der Waals surface area contributed by atoms with E-state index >= 15 is 0 Å². The number of urea groups is 1. The second-order valence-corrected chi connectivity index (χ2v) is 9.87. The number of carbonyl (C=O) groups is 2. The molecule has 0 spiro atoms. The first kappa shape index (κ1) is 23.3.